The van der Waals surface area contributed by atoms with Gasteiger partial charge in [-0.05, 0) is 25.3 Å². The van der Waals surface area contributed by atoms with E-state index in [-0.39, 0.29) is 0 Å². The normalized spacial score (nSPS) is 12.6. The summed E-state index contributed by atoms with van der Waals surface area (Å²) in [6.45, 7) is 4.95. The van der Waals surface area contributed by atoms with E-state index in [0.29, 0.717) is 19.1 Å². The summed E-state index contributed by atoms with van der Waals surface area (Å²) >= 11 is 1.67. The molecule has 1 aromatic heterocycles. The van der Waals surface area contributed by atoms with Crippen molar-refractivity contribution in [2.75, 3.05) is 19.6 Å². The van der Waals surface area contributed by atoms with Crippen molar-refractivity contribution < 1.29 is 13.2 Å². The van der Waals surface area contributed by atoms with Crippen molar-refractivity contribution in [2.45, 2.75) is 32.6 Å². The molecule has 0 saturated carbocycles. The monoisotopic (exact) mass is 280 g/mol. The van der Waals surface area contributed by atoms with Crippen LogP contribution in [0.15, 0.2) is 17.5 Å². The molecule has 0 saturated heterocycles. The van der Waals surface area contributed by atoms with E-state index >= 15 is 0 Å². The smallest absolute Gasteiger partial charge is 0.307 e. The van der Waals surface area contributed by atoms with Crippen LogP contribution in [-0.2, 0) is 6.54 Å². The van der Waals surface area contributed by atoms with Gasteiger partial charge in [0.2, 0.25) is 0 Å². The molecule has 1 heterocycles. The fraction of sp³-hybridized carbons (Fsp3) is 0.667. The standard InChI is InChI=1S/C12H19F3N2S/c1-10(2)17(8-11-4-3-7-18-11)6-5-16-9-12(13,14)15/h3-4,7,10,16H,5-6,8-9H2,1-2H3. The molecular formula is C12H19F3N2S. The van der Waals surface area contributed by atoms with Gasteiger partial charge >= 0.3 is 6.18 Å². The second-order valence-electron chi connectivity index (χ2n) is 4.44. The molecule has 0 atom stereocenters. The van der Waals surface area contributed by atoms with Crippen molar-refractivity contribution in [1.29, 1.82) is 0 Å². The third-order valence-corrected chi connectivity index (χ3v) is 3.43. The zero-order valence-electron chi connectivity index (χ0n) is 10.6. The Morgan fingerprint density at radius 1 is 1.39 bits per heavy atom. The summed E-state index contributed by atoms with van der Waals surface area (Å²) in [7, 11) is 0. The lowest BCUT2D eigenvalue weighted by molar-refractivity contribution is -0.124. The third-order valence-electron chi connectivity index (χ3n) is 2.57. The molecule has 0 aromatic carbocycles. The molecule has 6 heteroatoms. The van der Waals surface area contributed by atoms with Crippen molar-refractivity contribution in [3.8, 4) is 0 Å². The molecule has 2 nitrogen and oxygen atoms in total. The first-order valence-corrected chi connectivity index (χ1v) is 6.80. The van der Waals surface area contributed by atoms with Crippen molar-refractivity contribution in [3.05, 3.63) is 22.4 Å². The van der Waals surface area contributed by atoms with Crippen molar-refractivity contribution in [2.24, 2.45) is 0 Å². The summed E-state index contributed by atoms with van der Waals surface area (Å²) in [5.74, 6) is 0. The lowest BCUT2D eigenvalue weighted by Crippen LogP contribution is -2.38. The van der Waals surface area contributed by atoms with Crippen molar-refractivity contribution in [3.63, 3.8) is 0 Å². The molecule has 0 bridgehead atoms. The summed E-state index contributed by atoms with van der Waals surface area (Å²) in [6, 6.07) is 4.35. The van der Waals surface area contributed by atoms with Crippen LogP contribution in [0.1, 0.15) is 18.7 Å². The third kappa shape index (κ3) is 6.37. The van der Waals surface area contributed by atoms with Gasteiger partial charge in [0, 0.05) is 30.6 Å². The Bertz CT molecular complexity index is 323. The van der Waals surface area contributed by atoms with Crippen LogP contribution >= 0.6 is 11.3 Å². The zero-order chi connectivity index (χ0) is 13.6. The van der Waals surface area contributed by atoms with E-state index in [1.54, 1.807) is 11.3 Å². The molecular weight excluding hydrogens is 261 g/mol. The minimum Gasteiger partial charge on any atom is -0.307 e. The maximum absolute atomic E-state index is 12.0. The van der Waals surface area contributed by atoms with Crippen LogP contribution in [0.3, 0.4) is 0 Å². The number of hydrogen-bond donors (Lipinski definition) is 1. The van der Waals surface area contributed by atoms with Gasteiger partial charge in [-0.25, -0.2) is 0 Å². The van der Waals surface area contributed by atoms with Gasteiger partial charge in [-0.3, -0.25) is 4.90 Å². The number of hydrogen-bond acceptors (Lipinski definition) is 3. The number of alkyl halides is 3. The van der Waals surface area contributed by atoms with Crippen LogP contribution in [0.5, 0.6) is 0 Å². The quantitative estimate of drug-likeness (QED) is 0.772. The molecule has 1 aromatic rings. The summed E-state index contributed by atoms with van der Waals surface area (Å²) in [6.07, 6.45) is -4.13. The molecule has 1 rings (SSSR count). The van der Waals surface area contributed by atoms with Gasteiger partial charge in [0.05, 0.1) is 6.54 Å². The molecule has 1 N–H and O–H groups in total. The molecule has 0 radical (unpaired) electrons. The Balaban J connectivity index is 2.30. The first kappa shape index (κ1) is 15.5. The van der Waals surface area contributed by atoms with Gasteiger partial charge in [-0.15, -0.1) is 11.3 Å². The highest BCUT2D eigenvalue weighted by Crippen LogP contribution is 2.14. The van der Waals surface area contributed by atoms with Gasteiger partial charge < -0.3 is 5.32 Å². The van der Waals surface area contributed by atoms with Crippen LogP contribution < -0.4 is 5.32 Å². The summed E-state index contributed by atoms with van der Waals surface area (Å²) < 4.78 is 35.9. The first-order chi connectivity index (χ1) is 8.38. The topological polar surface area (TPSA) is 15.3 Å². The molecule has 104 valence electrons. The molecule has 0 spiro atoms. The Kier molecular flexibility index (Phi) is 6.11. The van der Waals surface area contributed by atoms with E-state index in [0.717, 1.165) is 6.54 Å². The highest BCUT2D eigenvalue weighted by atomic mass is 32.1. The zero-order valence-corrected chi connectivity index (χ0v) is 11.4. The van der Waals surface area contributed by atoms with Crippen LogP contribution in [0.25, 0.3) is 0 Å². The van der Waals surface area contributed by atoms with Gasteiger partial charge in [-0.1, -0.05) is 6.07 Å². The minimum absolute atomic E-state index is 0.319. The predicted octanol–water partition coefficient (Wildman–Crippen LogP) is 3.11. The number of halogens is 3. The number of thiophene rings is 1. The molecule has 0 aliphatic carbocycles. The highest BCUT2D eigenvalue weighted by molar-refractivity contribution is 7.09. The van der Waals surface area contributed by atoms with E-state index in [1.807, 2.05) is 17.5 Å². The number of nitrogens with one attached hydrogen (secondary N) is 1. The molecule has 0 unspecified atom stereocenters. The van der Waals surface area contributed by atoms with E-state index in [9.17, 15) is 13.2 Å². The van der Waals surface area contributed by atoms with E-state index in [1.165, 1.54) is 4.88 Å². The Labute approximate surface area is 110 Å². The fourth-order valence-corrected chi connectivity index (χ4v) is 2.30. The van der Waals surface area contributed by atoms with Crippen LogP contribution in [0.4, 0.5) is 13.2 Å². The van der Waals surface area contributed by atoms with Gasteiger partial charge in [0.15, 0.2) is 0 Å². The SMILES string of the molecule is CC(C)N(CCNCC(F)(F)F)Cc1cccs1. The Morgan fingerprint density at radius 2 is 2.11 bits per heavy atom. The van der Waals surface area contributed by atoms with E-state index in [4.69, 9.17) is 0 Å². The summed E-state index contributed by atoms with van der Waals surface area (Å²) in [5, 5.41) is 4.44. The van der Waals surface area contributed by atoms with Crippen LogP contribution in [0, 0.1) is 0 Å². The molecule has 18 heavy (non-hydrogen) atoms. The van der Waals surface area contributed by atoms with Crippen LogP contribution in [-0.4, -0.2) is 36.8 Å². The lowest BCUT2D eigenvalue weighted by atomic mass is 10.3. The molecule has 0 amide bonds. The fourth-order valence-electron chi connectivity index (χ4n) is 1.58. The Morgan fingerprint density at radius 3 is 2.61 bits per heavy atom. The maximum Gasteiger partial charge on any atom is 0.401 e. The molecule has 0 fully saturated rings. The van der Waals surface area contributed by atoms with E-state index < -0.39 is 12.7 Å². The Hall–Kier alpha value is -0.590. The van der Waals surface area contributed by atoms with Gasteiger partial charge in [0.25, 0.3) is 0 Å². The number of nitrogens with zero attached hydrogens (tertiary/aromatic N) is 1. The van der Waals surface area contributed by atoms with Crippen molar-refractivity contribution in [1.82, 2.24) is 10.2 Å². The average molecular weight is 280 g/mol. The number of rotatable bonds is 7. The van der Waals surface area contributed by atoms with Crippen LogP contribution in [0.2, 0.25) is 0 Å². The van der Waals surface area contributed by atoms with Gasteiger partial charge in [0.1, 0.15) is 0 Å². The first-order valence-electron chi connectivity index (χ1n) is 5.92. The van der Waals surface area contributed by atoms with Crippen molar-refractivity contribution >= 4 is 11.3 Å². The summed E-state index contributed by atoms with van der Waals surface area (Å²) in [4.78, 5) is 3.40. The lowest BCUT2D eigenvalue weighted by Gasteiger charge is -2.26. The average Bonchev–Trinajstić information content (AvgIpc) is 2.73. The maximum atomic E-state index is 12.0. The largest absolute Gasteiger partial charge is 0.401 e. The predicted molar refractivity (Wildman–Crippen MR) is 68.8 cm³/mol. The second-order valence-corrected chi connectivity index (χ2v) is 5.47. The molecule has 0 aliphatic heterocycles. The van der Waals surface area contributed by atoms with E-state index in [2.05, 4.69) is 24.1 Å². The second kappa shape index (κ2) is 7.11. The summed E-state index contributed by atoms with van der Waals surface area (Å²) in [5.41, 5.74) is 0. The van der Waals surface area contributed by atoms with Gasteiger partial charge in [-0.2, -0.15) is 13.2 Å². The molecule has 0 aliphatic rings. The highest BCUT2D eigenvalue weighted by Gasteiger charge is 2.26. The minimum atomic E-state index is -4.13.